The van der Waals surface area contributed by atoms with E-state index in [1.807, 2.05) is 0 Å². The Morgan fingerprint density at radius 2 is 0.603 bits per heavy atom. The van der Waals surface area contributed by atoms with Crippen molar-refractivity contribution in [2.24, 2.45) is 0 Å². The lowest BCUT2D eigenvalue weighted by Gasteiger charge is -2.35. The Morgan fingerprint density at radius 1 is 0.238 bits per heavy atom. The molecule has 63 heavy (non-hydrogen) atoms. The molecule has 0 fully saturated rings. The molecular weight excluding hydrogens is 759 g/mol. The molecule has 14 rings (SSSR count). The van der Waals surface area contributed by atoms with Crippen LogP contribution in [-0.2, 0) is 10.8 Å². The zero-order valence-electron chi connectivity index (χ0n) is 34.5. The van der Waals surface area contributed by atoms with Crippen LogP contribution in [0.15, 0.2) is 237 Å². The summed E-state index contributed by atoms with van der Waals surface area (Å²) in [5, 5.41) is 0. The van der Waals surface area contributed by atoms with E-state index in [-0.39, 0.29) is 5.41 Å². The maximum atomic E-state index is 2.53. The minimum atomic E-state index is -0.514. The van der Waals surface area contributed by atoms with Crippen molar-refractivity contribution in [1.82, 2.24) is 0 Å². The average molecular weight is 798 g/mol. The van der Waals surface area contributed by atoms with Crippen molar-refractivity contribution in [3.05, 3.63) is 281 Å². The summed E-state index contributed by atoms with van der Waals surface area (Å²) in [5.41, 5.74) is 26.3. The van der Waals surface area contributed by atoms with Gasteiger partial charge in [-0.25, -0.2) is 0 Å². The van der Waals surface area contributed by atoms with Gasteiger partial charge in [0, 0.05) is 17.1 Å². The first-order valence-electron chi connectivity index (χ1n) is 22.1. The molecule has 0 saturated carbocycles. The van der Waals surface area contributed by atoms with E-state index in [1.54, 1.807) is 0 Å². The van der Waals surface area contributed by atoms with Crippen LogP contribution in [0.3, 0.4) is 0 Å². The van der Waals surface area contributed by atoms with Crippen molar-refractivity contribution >= 4 is 17.1 Å². The van der Waals surface area contributed by atoms with Crippen LogP contribution in [0.25, 0.3) is 55.6 Å². The third-order valence-electron chi connectivity index (χ3n) is 14.7. The van der Waals surface area contributed by atoms with Crippen molar-refractivity contribution in [3.8, 4) is 55.6 Å². The van der Waals surface area contributed by atoms with E-state index >= 15 is 0 Å². The molecule has 4 aliphatic rings. The zero-order valence-corrected chi connectivity index (χ0v) is 34.5. The van der Waals surface area contributed by atoms with Crippen LogP contribution in [0.2, 0.25) is 0 Å². The highest BCUT2D eigenvalue weighted by Crippen LogP contribution is 2.70. The predicted molar refractivity (Wildman–Crippen MR) is 259 cm³/mol. The summed E-state index contributed by atoms with van der Waals surface area (Å²) in [6, 6.07) is 88.7. The fourth-order valence-electron chi connectivity index (χ4n) is 12.3. The van der Waals surface area contributed by atoms with Crippen LogP contribution in [0, 0.1) is 0 Å². The summed E-state index contributed by atoms with van der Waals surface area (Å²) in [6.07, 6.45) is 0. The molecule has 0 aliphatic heterocycles. The van der Waals surface area contributed by atoms with E-state index < -0.39 is 5.41 Å². The molecule has 10 aromatic carbocycles. The highest BCUT2D eigenvalue weighted by Gasteiger charge is 2.57. The molecule has 10 aromatic rings. The molecule has 0 saturated heterocycles. The fourth-order valence-corrected chi connectivity index (χ4v) is 12.3. The van der Waals surface area contributed by atoms with Gasteiger partial charge in [0.2, 0.25) is 0 Å². The van der Waals surface area contributed by atoms with Crippen LogP contribution in [-0.4, -0.2) is 0 Å². The summed E-state index contributed by atoms with van der Waals surface area (Å²) < 4.78 is 0. The second-order valence-electron chi connectivity index (χ2n) is 17.5. The number of nitrogens with zero attached hydrogens (tertiary/aromatic N) is 1. The Morgan fingerprint density at radius 3 is 1.16 bits per heavy atom. The minimum absolute atomic E-state index is 0.377. The van der Waals surface area contributed by atoms with Gasteiger partial charge in [-0.15, -0.1) is 0 Å². The third kappa shape index (κ3) is 4.41. The molecule has 0 radical (unpaired) electrons. The summed E-state index contributed by atoms with van der Waals surface area (Å²) >= 11 is 0. The molecule has 4 aliphatic carbocycles. The highest BCUT2D eigenvalue weighted by molar-refractivity contribution is 6.06. The zero-order chi connectivity index (χ0) is 41.3. The maximum Gasteiger partial charge on any atom is 0.0738 e. The van der Waals surface area contributed by atoms with Crippen molar-refractivity contribution in [1.29, 1.82) is 0 Å². The van der Waals surface area contributed by atoms with Gasteiger partial charge in [0.1, 0.15) is 0 Å². The van der Waals surface area contributed by atoms with E-state index in [0.717, 1.165) is 17.1 Å². The van der Waals surface area contributed by atoms with Gasteiger partial charge in [-0.3, -0.25) is 0 Å². The summed E-state index contributed by atoms with van der Waals surface area (Å²) in [6.45, 7) is 0. The summed E-state index contributed by atoms with van der Waals surface area (Å²) in [4.78, 5) is 2.50. The van der Waals surface area contributed by atoms with Gasteiger partial charge in [0.05, 0.1) is 10.8 Å². The summed E-state index contributed by atoms with van der Waals surface area (Å²) in [5.74, 6) is 0. The van der Waals surface area contributed by atoms with E-state index in [4.69, 9.17) is 0 Å². The number of fused-ring (bicyclic) bond motifs is 8. The topological polar surface area (TPSA) is 3.24 Å². The molecule has 0 amide bonds. The van der Waals surface area contributed by atoms with Gasteiger partial charge in [-0.05, 0) is 137 Å². The standard InChI is InChI=1S/C62H39N/c1-4-16-40(17-5-1)41-30-32-44(33-31-41)63(45-34-36-49-47-22-10-12-28-55(47)61(57(49)38-45,42-18-6-2-7-19-42)43-20-8-3-9-21-43)46-35-37-50-52-25-15-27-54-53-26-14-24-51-48-23-11-13-29-56(48)62(59(51)53,60(52)54)58(50)39-46/h1-39H. The highest BCUT2D eigenvalue weighted by atomic mass is 15.1. The molecule has 0 heterocycles. The SMILES string of the molecule is c1ccc(-c2ccc(N(c3ccc4c(c3)C(c3ccccc3)(c3ccccc3)c3ccccc3-4)c3ccc4c(c3)C35c6ccccc6-c6cccc(c63)-c3cccc-4c35)cc2)cc1. The molecular formula is C62H39N. The Hall–Kier alpha value is -8.00. The van der Waals surface area contributed by atoms with E-state index in [9.17, 15) is 0 Å². The number of rotatable bonds is 6. The second kappa shape index (κ2) is 12.8. The van der Waals surface area contributed by atoms with E-state index in [0.29, 0.717) is 0 Å². The predicted octanol–water partition coefficient (Wildman–Crippen LogP) is 15.5. The monoisotopic (exact) mass is 797 g/mol. The van der Waals surface area contributed by atoms with Crippen LogP contribution < -0.4 is 4.90 Å². The van der Waals surface area contributed by atoms with Crippen molar-refractivity contribution in [2.45, 2.75) is 10.8 Å². The molecule has 1 unspecified atom stereocenters. The molecule has 0 N–H and O–H groups in total. The number of hydrogen-bond acceptors (Lipinski definition) is 1. The Bertz CT molecular complexity index is 3360. The number of anilines is 3. The van der Waals surface area contributed by atoms with Crippen LogP contribution in [0.1, 0.15) is 44.5 Å². The molecule has 1 heteroatoms. The lowest BCUT2D eigenvalue weighted by atomic mass is 9.67. The summed E-state index contributed by atoms with van der Waals surface area (Å²) in [7, 11) is 0. The van der Waals surface area contributed by atoms with Crippen molar-refractivity contribution < 1.29 is 0 Å². The first-order valence-corrected chi connectivity index (χ1v) is 22.1. The molecule has 1 nitrogen and oxygen atoms in total. The average Bonchev–Trinajstić information content (AvgIpc) is 4.04. The first-order chi connectivity index (χ1) is 31.3. The normalized spacial score (nSPS) is 15.8. The van der Waals surface area contributed by atoms with Gasteiger partial charge in [-0.2, -0.15) is 0 Å². The van der Waals surface area contributed by atoms with Crippen LogP contribution in [0.4, 0.5) is 17.1 Å². The minimum Gasteiger partial charge on any atom is -0.310 e. The molecule has 1 spiro atoms. The van der Waals surface area contributed by atoms with E-state index in [1.165, 1.54) is 100 Å². The van der Waals surface area contributed by atoms with Gasteiger partial charge in [-0.1, -0.05) is 200 Å². The molecule has 292 valence electrons. The van der Waals surface area contributed by atoms with Crippen molar-refractivity contribution in [3.63, 3.8) is 0 Å². The molecule has 0 bridgehead atoms. The third-order valence-corrected chi connectivity index (χ3v) is 14.7. The second-order valence-corrected chi connectivity index (χ2v) is 17.5. The van der Waals surface area contributed by atoms with Gasteiger partial charge in [0.25, 0.3) is 0 Å². The van der Waals surface area contributed by atoms with Crippen LogP contribution >= 0.6 is 0 Å². The smallest absolute Gasteiger partial charge is 0.0738 e. The fraction of sp³-hybridized carbons (Fsp3) is 0.0323. The van der Waals surface area contributed by atoms with Gasteiger partial charge >= 0.3 is 0 Å². The molecule has 1 atom stereocenters. The van der Waals surface area contributed by atoms with Gasteiger partial charge < -0.3 is 4.90 Å². The Balaban J connectivity index is 1.03. The van der Waals surface area contributed by atoms with Gasteiger partial charge in [0.15, 0.2) is 0 Å². The van der Waals surface area contributed by atoms with Crippen molar-refractivity contribution in [2.75, 3.05) is 4.90 Å². The maximum absolute atomic E-state index is 2.53. The number of hydrogen-bond donors (Lipinski definition) is 0. The lowest BCUT2D eigenvalue weighted by Crippen LogP contribution is -2.28. The number of benzene rings is 10. The largest absolute Gasteiger partial charge is 0.310 e. The Labute approximate surface area is 367 Å². The molecule has 0 aromatic heterocycles. The Kier molecular flexibility index (Phi) is 7.03. The lowest BCUT2D eigenvalue weighted by molar-refractivity contribution is 0.768. The quantitative estimate of drug-likeness (QED) is 0.162. The van der Waals surface area contributed by atoms with Crippen LogP contribution in [0.5, 0.6) is 0 Å². The first kappa shape index (κ1) is 34.7. The van der Waals surface area contributed by atoms with E-state index in [2.05, 4.69) is 241 Å².